The Morgan fingerprint density at radius 3 is 2.70 bits per heavy atom. The Hall–Kier alpha value is -1.81. The molecule has 142 valence electrons. The highest BCUT2D eigenvalue weighted by molar-refractivity contribution is 7.89. The molecule has 10 heteroatoms. The van der Waals surface area contributed by atoms with Crippen molar-refractivity contribution in [2.24, 2.45) is 0 Å². The van der Waals surface area contributed by atoms with E-state index >= 15 is 0 Å². The predicted octanol–water partition coefficient (Wildman–Crippen LogP) is 3.45. The third-order valence-electron chi connectivity index (χ3n) is 4.56. The molecular weight excluding hydrogens is 410 g/mol. The van der Waals surface area contributed by atoms with Crippen molar-refractivity contribution in [3.05, 3.63) is 39.3 Å². The van der Waals surface area contributed by atoms with Gasteiger partial charge in [-0.15, -0.1) is 0 Å². The van der Waals surface area contributed by atoms with Crippen molar-refractivity contribution in [1.82, 2.24) is 13.7 Å². The second-order valence-electron chi connectivity index (χ2n) is 6.36. The first-order valence-electron chi connectivity index (χ1n) is 8.45. The average Bonchev–Trinajstić information content (AvgIpc) is 3.04. The lowest BCUT2D eigenvalue weighted by Gasteiger charge is -2.26. The zero-order valence-corrected chi connectivity index (χ0v) is 16.8. The van der Waals surface area contributed by atoms with Gasteiger partial charge in [0.1, 0.15) is 5.39 Å². The van der Waals surface area contributed by atoms with Gasteiger partial charge in [0.15, 0.2) is 4.83 Å². The molecule has 2 aromatic heterocycles. The van der Waals surface area contributed by atoms with Crippen LogP contribution in [0.4, 0.5) is 0 Å². The second kappa shape index (κ2) is 6.97. The largest absolute Gasteiger partial charge is 0.403 e. The number of aryl methyl sites for hydroxylation is 1. The molecule has 0 atom stereocenters. The molecule has 1 aliphatic rings. The Morgan fingerprint density at radius 1 is 1.22 bits per heavy atom. The molecule has 0 spiro atoms. The molecule has 0 radical (unpaired) electrons. The van der Waals surface area contributed by atoms with Gasteiger partial charge in [-0.1, -0.05) is 18.0 Å². The van der Waals surface area contributed by atoms with Crippen LogP contribution in [0.1, 0.15) is 25.0 Å². The molecule has 0 amide bonds. The van der Waals surface area contributed by atoms with Gasteiger partial charge in [0.25, 0.3) is 0 Å². The SMILES string of the molecule is Cc1nsc2nc(-c3cc(S(=O)(=O)N4CCCCC4)ccc3Cl)oc(=O)c12. The molecule has 0 unspecified atom stereocenters. The number of sulfonamides is 1. The van der Waals surface area contributed by atoms with Crippen molar-refractivity contribution in [3.8, 4) is 11.5 Å². The van der Waals surface area contributed by atoms with E-state index < -0.39 is 15.6 Å². The van der Waals surface area contributed by atoms with Crippen molar-refractivity contribution in [2.75, 3.05) is 13.1 Å². The van der Waals surface area contributed by atoms with Gasteiger partial charge in [-0.25, -0.2) is 13.2 Å². The van der Waals surface area contributed by atoms with E-state index in [0.717, 1.165) is 30.8 Å². The summed E-state index contributed by atoms with van der Waals surface area (Å²) in [5.41, 5.74) is 0.247. The normalized spacial score (nSPS) is 16.1. The summed E-state index contributed by atoms with van der Waals surface area (Å²) < 4.78 is 36.8. The Bertz CT molecular complexity index is 1180. The molecule has 1 saturated heterocycles. The molecular formula is C17H16ClN3O4S2. The number of aromatic nitrogens is 2. The molecule has 1 aliphatic heterocycles. The number of hydrogen-bond donors (Lipinski definition) is 0. The smallest absolute Gasteiger partial charge is 0.349 e. The number of rotatable bonds is 3. The lowest BCUT2D eigenvalue weighted by molar-refractivity contribution is 0.346. The zero-order chi connectivity index (χ0) is 19.2. The van der Waals surface area contributed by atoms with E-state index in [1.807, 2.05) is 0 Å². The molecule has 3 aromatic rings. The standard InChI is InChI=1S/C17H16ClN3O4S2/c1-10-14-16(26-20-10)19-15(25-17(14)22)12-9-11(5-6-13(12)18)27(23,24)21-7-3-2-4-8-21/h5-6,9H,2-4,7-8H2,1H3. The minimum absolute atomic E-state index is 0.0168. The van der Waals surface area contributed by atoms with E-state index in [4.69, 9.17) is 16.0 Å². The van der Waals surface area contributed by atoms with Crippen LogP contribution in [-0.4, -0.2) is 35.2 Å². The summed E-state index contributed by atoms with van der Waals surface area (Å²) in [6, 6.07) is 4.36. The number of piperidine rings is 1. The van der Waals surface area contributed by atoms with Gasteiger partial charge in [-0.2, -0.15) is 13.7 Å². The maximum absolute atomic E-state index is 12.9. The lowest BCUT2D eigenvalue weighted by Crippen LogP contribution is -2.35. The predicted molar refractivity (Wildman–Crippen MR) is 104 cm³/mol. The van der Waals surface area contributed by atoms with Gasteiger partial charge in [0.2, 0.25) is 15.9 Å². The summed E-state index contributed by atoms with van der Waals surface area (Å²) in [6.07, 6.45) is 2.72. The van der Waals surface area contributed by atoms with Crippen molar-refractivity contribution in [3.63, 3.8) is 0 Å². The first-order valence-corrected chi connectivity index (χ1v) is 11.0. The van der Waals surface area contributed by atoms with Crippen LogP contribution in [0.2, 0.25) is 5.02 Å². The fourth-order valence-electron chi connectivity index (χ4n) is 3.12. The number of fused-ring (bicyclic) bond motifs is 1. The van der Waals surface area contributed by atoms with Crippen LogP contribution >= 0.6 is 23.1 Å². The molecule has 3 heterocycles. The highest BCUT2D eigenvalue weighted by Gasteiger charge is 2.27. The Labute approximate surface area is 164 Å². The molecule has 27 heavy (non-hydrogen) atoms. The first-order chi connectivity index (χ1) is 12.9. The highest BCUT2D eigenvalue weighted by atomic mass is 35.5. The van der Waals surface area contributed by atoms with Gasteiger partial charge in [-0.3, -0.25) is 0 Å². The average molecular weight is 426 g/mol. The monoisotopic (exact) mass is 425 g/mol. The number of hydrogen-bond acceptors (Lipinski definition) is 7. The van der Waals surface area contributed by atoms with Crippen molar-refractivity contribution in [2.45, 2.75) is 31.1 Å². The minimum Gasteiger partial charge on any atom is -0.403 e. The molecule has 0 saturated carbocycles. The summed E-state index contributed by atoms with van der Waals surface area (Å²) in [6.45, 7) is 2.70. The number of benzene rings is 1. The highest BCUT2D eigenvalue weighted by Crippen LogP contribution is 2.32. The Balaban J connectivity index is 1.83. The number of nitrogens with zero attached hydrogens (tertiary/aromatic N) is 3. The van der Waals surface area contributed by atoms with Gasteiger partial charge >= 0.3 is 5.63 Å². The fourth-order valence-corrected chi connectivity index (χ4v) is 5.62. The molecule has 0 N–H and O–H groups in total. The van der Waals surface area contributed by atoms with E-state index in [1.165, 1.54) is 22.5 Å². The lowest BCUT2D eigenvalue weighted by atomic mass is 10.2. The quantitative estimate of drug-likeness (QED) is 0.638. The van der Waals surface area contributed by atoms with E-state index in [-0.39, 0.29) is 21.4 Å². The molecule has 1 aromatic carbocycles. The number of halogens is 1. The van der Waals surface area contributed by atoms with E-state index in [2.05, 4.69) is 9.36 Å². The molecule has 4 rings (SSSR count). The summed E-state index contributed by atoms with van der Waals surface area (Å²) in [5, 5.41) is 0.584. The zero-order valence-electron chi connectivity index (χ0n) is 14.4. The summed E-state index contributed by atoms with van der Waals surface area (Å²) in [5.74, 6) is -0.0168. The molecule has 1 fully saturated rings. The van der Waals surface area contributed by atoms with Crippen LogP contribution in [0, 0.1) is 6.92 Å². The Kier molecular flexibility index (Phi) is 4.79. The summed E-state index contributed by atoms with van der Waals surface area (Å²) in [4.78, 5) is 17.1. The van der Waals surface area contributed by atoms with E-state index in [9.17, 15) is 13.2 Å². The first kappa shape index (κ1) is 18.5. The summed E-state index contributed by atoms with van der Waals surface area (Å²) >= 11 is 7.34. The van der Waals surface area contributed by atoms with Gasteiger partial charge in [-0.05, 0) is 49.5 Å². The molecule has 7 nitrogen and oxygen atoms in total. The Morgan fingerprint density at radius 2 is 1.96 bits per heavy atom. The van der Waals surface area contributed by atoms with Gasteiger partial charge < -0.3 is 4.42 Å². The van der Waals surface area contributed by atoms with Crippen LogP contribution in [0.3, 0.4) is 0 Å². The van der Waals surface area contributed by atoms with Crippen LogP contribution < -0.4 is 5.63 Å². The van der Waals surface area contributed by atoms with E-state index in [0.29, 0.717) is 29.0 Å². The fraction of sp³-hybridized carbons (Fsp3) is 0.353. The topological polar surface area (TPSA) is 93.4 Å². The minimum atomic E-state index is -3.64. The van der Waals surface area contributed by atoms with Crippen molar-refractivity contribution in [1.29, 1.82) is 0 Å². The summed E-state index contributed by atoms with van der Waals surface area (Å²) in [7, 11) is -3.64. The van der Waals surface area contributed by atoms with Crippen LogP contribution in [-0.2, 0) is 10.0 Å². The second-order valence-corrected chi connectivity index (χ2v) is 9.46. The van der Waals surface area contributed by atoms with Crippen LogP contribution in [0.15, 0.2) is 32.3 Å². The van der Waals surface area contributed by atoms with Gasteiger partial charge in [0.05, 0.1) is 21.2 Å². The third-order valence-corrected chi connectivity index (χ3v) is 7.62. The van der Waals surface area contributed by atoms with Crippen LogP contribution in [0.5, 0.6) is 0 Å². The van der Waals surface area contributed by atoms with Crippen LogP contribution in [0.25, 0.3) is 21.7 Å². The molecule has 0 bridgehead atoms. The van der Waals surface area contributed by atoms with Crippen molar-refractivity contribution < 1.29 is 12.8 Å². The maximum atomic E-state index is 12.9. The molecule has 0 aliphatic carbocycles. The van der Waals surface area contributed by atoms with E-state index in [1.54, 1.807) is 6.92 Å². The van der Waals surface area contributed by atoms with Gasteiger partial charge in [0, 0.05) is 13.1 Å². The van der Waals surface area contributed by atoms with Crippen molar-refractivity contribution >= 4 is 43.4 Å². The maximum Gasteiger partial charge on any atom is 0.349 e. The third kappa shape index (κ3) is 3.29.